The van der Waals surface area contributed by atoms with E-state index < -0.39 is 0 Å². The number of aromatic nitrogens is 2. The molecule has 0 bridgehead atoms. The van der Waals surface area contributed by atoms with Gasteiger partial charge in [0.25, 0.3) is 0 Å². The third-order valence-electron chi connectivity index (χ3n) is 3.45. The Morgan fingerprint density at radius 1 is 1.47 bits per heavy atom. The molecule has 6 heteroatoms. The minimum atomic E-state index is 0.0730. The Morgan fingerprint density at radius 3 is 2.89 bits per heavy atom. The van der Waals surface area contributed by atoms with Crippen molar-refractivity contribution in [2.45, 2.75) is 38.3 Å². The smallest absolute Gasteiger partial charge is 0.243 e. The van der Waals surface area contributed by atoms with E-state index >= 15 is 0 Å². The van der Waals surface area contributed by atoms with Gasteiger partial charge in [-0.05, 0) is 54.9 Å². The Kier molecular flexibility index (Phi) is 3.45. The third kappa shape index (κ3) is 2.90. The second-order valence-electron chi connectivity index (χ2n) is 5.06. The van der Waals surface area contributed by atoms with Crippen molar-refractivity contribution in [2.75, 3.05) is 7.05 Å². The monoisotopic (exact) mass is 325 g/mol. The van der Waals surface area contributed by atoms with E-state index in [2.05, 4.69) is 37.9 Å². The molecule has 0 spiro atoms. The molecule has 2 aromatic heterocycles. The first-order chi connectivity index (χ1) is 9.13. The summed E-state index contributed by atoms with van der Waals surface area (Å²) in [6.07, 6.45) is 2.37. The molecule has 1 fully saturated rings. The van der Waals surface area contributed by atoms with Gasteiger partial charge >= 0.3 is 0 Å². The maximum atomic E-state index is 5.50. The van der Waals surface area contributed by atoms with Crippen LogP contribution in [0.15, 0.2) is 25.7 Å². The molecule has 0 aromatic carbocycles. The molecular formula is C13H16BrN3O2. The summed E-state index contributed by atoms with van der Waals surface area (Å²) in [5.74, 6) is 2.96. The summed E-state index contributed by atoms with van der Waals surface area (Å²) in [5, 5.41) is 4.05. The molecule has 1 saturated carbocycles. The number of nitrogens with zero attached hydrogens (tertiary/aromatic N) is 3. The van der Waals surface area contributed by atoms with Gasteiger partial charge in [0.1, 0.15) is 5.76 Å². The van der Waals surface area contributed by atoms with Crippen molar-refractivity contribution in [2.24, 2.45) is 0 Å². The Hall–Kier alpha value is -1.14. The topological polar surface area (TPSA) is 55.3 Å². The molecule has 0 amide bonds. The fourth-order valence-corrected chi connectivity index (χ4v) is 2.27. The highest BCUT2D eigenvalue weighted by Gasteiger charge is 2.30. The Bertz CT molecular complexity index is 562. The lowest BCUT2D eigenvalue weighted by atomic mass is 10.3. The maximum Gasteiger partial charge on any atom is 0.243 e. The van der Waals surface area contributed by atoms with E-state index in [-0.39, 0.29) is 6.04 Å². The predicted molar refractivity (Wildman–Crippen MR) is 72.6 cm³/mol. The van der Waals surface area contributed by atoms with Gasteiger partial charge in [0, 0.05) is 5.92 Å². The molecule has 19 heavy (non-hydrogen) atoms. The first-order valence-electron chi connectivity index (χ1n) is 6.41. The van der Waals surface area contributed by atoms with Crippen molar-refractivity contribution in [1.29, 1.82) is 0 Å². The summed E-state index contributed by atoms with van der Waals surface area (Å²) in [5.41, 5.74) is 0. The lowest BCUT2D eigenvalue weighted by Gasteiger charge is -2.20. The summed E-state index contributed by atoms with van der Waals surface area (Å²) in [6, 6.07) is 3.92. The number of furan rings is 1. The van der Waals surface area contributed by atoms with Crippen LogP contribution in [0, 0.1) is 0 Å². The van der Waals surface area contributed by atoms with Gasteiger partial charge in [0.2, 0.25) is 5.89 Å². The zero-order chi connectivity index (χ0) is 13.4. The Balaban J connectivity index is 1.65. The van der Waals surface area contributed by atoms with E-state index in [1.807, 2.05) is 19.2 Å². The first-order valence-corrected chi connectivity index (χ1v) is 7.20. The highest BCUT2D eigenvalue weighted by molar-refractivity contribution is 9.10. The van der Waals surface area contributed by atoms with Gasteiger partial charge in [-0.2, -0.15) is 4.98 Å². The van der Waals surface area contributed by atoms with E-state index in [4.69, 9.17) is 8.94 Å². The Labute approximate surface area is 120 Å². The molecule has 0 aliphatic heterocycles. The summed E-state index contributed by atoms with van der Waals surface area (Å²) < 4.78 is 11.6. The maximum absolute atomic E-state index is 5.50. The molecule has 3 rings (SSSR count). The second kappa shape index (κ2) is 5.09. The van der Waals surface area contributed by atoms with Crippen molar-refractivity contribution in [3.63, 3.8) is 0 Å². The summed E-state index contributed by atoms with van der Waals surface area (Å²) in [6.45, 7) is 2.76. The van der Waals surface area contributed by atoms with Gasteiger partial charge in [-0.15, -0.1) is 0 Å². The lowest BCUT2D eigenvalue weighted by Crippen LogP contribution is -2.22. The van der Waals surface area contributed by atoms with E-state index in [0.717, 1.165) is 16.3 Å². The van der Waals surface area contributed by atoms with Gasteiger partial charge < -0.3 is 8.94 Å². The Morgan fingerprint density at radius 2 is 2.26 bits per heavy atom. The molecule has 1 atom stereocenters. The first kappa shape index (κ1) is 12.9. The highest BCUT2D eigenvalue weighted by Crippen LogP contribution is 2.38. The fraction of sp³-hybridized carbons (Fsp3) is 0.538. The second-order valence-corrected chi connectivity index (χ2v) is 5.84. The van der Waals surface area contributed by atoms with Crippen LogP contribution in [-0.2, 0) is 6.54 Å². The van der Waals surface area contributed by atoms with Crippen LogP contribution in [0.25, 0.3) is 0 Å². The van der Waals surface area contributed by atoms with Crippen LogP contribution in [0.3, 0.4) is 0 Å². The van der Waals surface area contributed by atoms with Crippen LogP contribution in [0.2, 0.25) is 0 Å². The molecule has 2 heterocycles. The van der Waals surface area contributed by atoms with E-state index in [1.165, 1.54) is 12.8 Å². The number of halogens is 1. The van der Waals surface area contributed by atoms with Crippen molar-refractivity contribution in [3.8, 4) is 0 Å². The van der Waals surface area contributed by atoms with Crippen LogP contribution in [0.1, 0.15) is 49.2 Å². The van der Waals surface area contributed by atoms with Crippen LogP contribution in [0.4, 0.5) is 0 Å². The van der Waals surface area contributed by atoms with Crippen LogP contribution in [0.5, 0.6) is 0 Å². The van der Waals surface area contributed by atoms with Gasteiger partial charge in [0.15, 0.2) is 10.5 Å². The SMILES string of the molecule is CC(c1nc(C2CC2)no1)N(C)Cc1ccc(Br)o1. The lowest BCUT2D eigenvalue weighted by molar-refractivity contribution is 0.189. The van der Waals surface area contributed by atoms with E-state index in [9.17, 15) is 0 Å². The molecule has 2 aromatic rings. The largest absolute Gasteiger partial charge is 0.453 e. The quantitative estimate of drug-likeness (QED) is 0.842. The van der Waals surface area contributed by atoms with Crippen molar-refractivity contribution >= 4 is 15.9 Å². The van der Waals surface area contributed by atoms with Crippen LogP contribution < -0.4 is 0 Å². The number of hydrogen-bond donors (Lipinski definition) is 0. The third-order valence-corrected chi connectivity index (χ3v) is 3.88. The van der Waals surface area contributed by atoms with Crippen LogP contribution >= 0.6 is 15.9 Å². The molecule has 5 nitrogen and oxygen atoms in total. The number of hydrogen-bond acceptors (Lipinski definition) is 5. The minimum absolute atomic E-state index is 0.0730. The highest BCUT2D eigenvalue weighted by atomic mass is 79.9. The summed E-state index contributed by atoms with van der Waals surface area (Å²) >= 11 is 3.30. The van der Waals surface area contributed by atoms with Gasteiger partial charge in [-0.1, -0.05) is 5.16 Å². The molecule has 0 N–H and O–H groups in total. The van der Waals surface area contributed by atoms with E-state index in [1.54, 1.807) is 0 Å². The van der Waals surface area contributed by atoms with Crippen molar-refractivity contribution in [3.05, 3.63) is 34.3 Å². The molecule has 0 saturated heterocycles. The van der Waals surface area contributed by atoms with E-state index in [0.29, 0.717) is 18.4 Å². The average molecular weight is 326 g/mol. The molecule has 102 valence electrons. The number of rotatable bonds is 5. The van der Waals surface area contributed by atoms with Gasteiger partial charge in [-0.25, -0.2) is 0 Å². The fourth-order valence-electron chi connectivity index (χ4n) is 1.93. The summed E-state index contributed by atoms with van der Waals surface area (Å²) in [7, 11) is 2.02. The molecule has 1 unspecified atom stereocenters. The molecule has 1 aliphatic carbocycles. The van der Waals surface area contributed by atoms with Crippen LogP contribution in [-0.4, -0.2) is 22.1 Å². The van der Waals surface area contributed by atoms with Crippen molar-refractivity contribution in [1.82, 2.24) is 15.0 Å². The molecule has 1 aliphatic rings. The van der Waals surface area contributed by atoms with Crippen molar-refractivity contribution < 1.29 is 8.94 Å². The minimum Gasteiger partial charge on any atom is -0.453 e. The normalized spacial score (nSPS) is 17.1. The average Bonchev–Trinajstić information content (AvgIpc) is 2.98. The molecule has 0 radical (unpaired) electrons. The standard InChI is InChI=1S/C13H16BrN3O2/c1-8(13-15-12(16-19-13)9-3-4-9)17(2)7-10-5-6-11(14)18-10/h5-6,8-9H,3-4,7H2,1-2H3. The summed E-state index contributed by atoms with van der Waals surface area (Å²) in [4.78, 5) is 6.60. The predicted octanol–water partition coefficient (Wildman–Crippen LogP) is 3.50. The van der Waals surface area contributed by atoms with Gasteiger partial charge in [0.05, 0.1) is 12.6 Å². The zero-order valence-electron chi connectivity index (χ0n) is 11.0. The molecular weight excluding hydrogens is 310 g/mol. The van der Waals surface area contributed by atoms with Gasteiger partial charge in [-0.3, -0.25) is 4.90 Å². The zero-order valence-corrected chi connectivity index (χ0v) is 12.6.